The highest BCUT2D eigenvalue weighted by Crippen LogP contribution is 2.16. The maximum atomic E-state index is 13.0. The van der Waals surface area contributed by atoms with Gasteiger partial charge in [0.2, 0.25) is 18.2 Å². The molecule has 1 saturated heterocycles. The standard InChI is InChI=1S/C23H34N4O3/c1-18(2)21(25(4)22(29)15-24-17-28)14-19(3)23(30)27-12-10-26(11-13-27)16-20-8-6-5-7-9-20/h5-9,14,17-18,21H,10-13,15-16H2,1-4H3,(H,24,28)/b19-14+/t21-/m1/s1. The molecule has 0 aliphatic carbocycles. The van der Waals surface area contributed by atoms with Crippen LogP contribution in [0.4, 0.5) is 0 Å². The molecule has 0 aromatic heterocycles. The third-order valence-corrected chi connectivity index (χ3v) is 5.53. The third kappa shape index (κ3) is 6.69. The number of likely N-dealkylation sites (N-methyl/N-ethyl adjacent to an activating group) is 1. The van der Waals surface area contributed by atoms with Gasteiger partial charge < -0.3 is 15.1 Å². The van der Waals surface area contributed by atoms with Gasteiger partial charge in [-0.1, -0.05) is 50.3 Å². The summed E-state index contributed by atoms with van der Waals surface area (Å²) in [5.41, 5.74) is 1.93. The van der Waals surface area contributed by atoms with Crippen molar-refractivity contribution in [1.29, 1.82) is 0 Å². The number of nitrogens with one attached hydrogen (secondary N) is 1. The molecule has 0 unspecified atom stereocenters. The Bertz CT molecular complexity index is 740. The van der Waals surface area contributed by atoms with E-state index in [-0.39, 0.29) is 30.3 Å². The maximum Gasteiger partial charge on any atom is 0.249 e. The molecule has 1 aromatic carbocycles. The SMILES string of the molecule is C/C(=C\[C@H](C(C)C)N(C)C(=O)CNC=O)C(=O)N1CCN(Cc2ccccc2)CC1. The van der Waals surface area contributed by atoms with Crippen LogP contribution in [0.25, 0.3) is 0 Å². The van der Waals surface area contributed by atoms with E-state index in [2.05, 4.69) is 22.3 Å². The van der Waals surface area contributed by atoms with E-state index in [1.54, 1.807) is 11.9 Å². The van der Waals surface area contributed by atoms with E-state index in [1.807, 2.05) is 49.9 Å². The quantitative estimate of drug-likeness (QED) is 0.491. The van der Waals surface area contributed by atoms with E-state index in [4.69, 9.17) is 0 Å². The second kappa shape index (κ2) is 11.5. The molecule has 1 N–H and O–H groups in total. The van der Waals surface area contributed by atoms with Gasteiger partial charge in [-0.2, -0.15) is 0 Å². The number of hydrogen-bond acceptors (Lipinski definition) is 4. The van der Waals surface area contributed by atoms with Gasteiger partial charge in [0.25, 0.3) is 0 Å². The van der Waals surface area contributed by atoms with Gasteiger partial charge in [0, 0.05) is 45.3 Å². The minimum Gasteiger partial charge on any atom is -0.350 e. The van der Waals surface area contributed by atoms with Gasteiger partial charge in [-0.15, -0.1) is 0 Å². The van der Waals surface area contributed by atoms with Crippen LogP contribution in [0.15, 0.2) is 42.0 Å². The molecule has 1 heterocycles. The summed E-state index contributed by atoms with van der Waals surface area (Å²) in [7, 11) is 1.70. The molecule has 2 rings (SSSR count). The van der Waals surface area contributed by atoms with Crippen molar-refractivity contribution in [2.24, 2.45) is 5.92 Å². The van der Waals surface area contributed by atoms with Gasteiger partial charge in [-0.05, 0) is 18.4 Å². The fourth-order valence-corrected chi connectivity index (χ4v) is 3.70. The Labute approximate surface area is 179 Å². The van der Waals surface area contributed by atoms with Crippen molar-refractivity contribution in [3.8, 4) is 0 Å². The second-order valence-electron chi connectivity index (χ2n) is 8.14. The minimum atomic E-state index is -0.214. The molecule has 1 atom stereocenters. The van der Waals surface area contributed by atoms with E-state index in [0.717, 1.165) is 19.6 Å². The first kappa shape index (κ1) is 23.6. The highest BCUT2D eigenvalue weighted by molar-refractivity contribution is 5.93. The van der Waals surface area contributed by atoms with Crippen molar-refractivity contribution < 1.29 is 14.4 Å². The van der Waals surface area contributed by atoms with Crippen molar-refractivity contribution in [2.75, 3.05) is 39.8 Å². The van der Waals surface area contributed by atoms with Crippen molar-refractivity contribution in [2.45, 2.75) is 33.4 Å². The normalized spacial score (nSPS) is 16.3. The Hall–Kier alpha value is -2.67. The Morgan fingerprint density at radius 3 is 2.33 bits per heavy atom. The van der Waals surface area contributed by atoms with Crippen molar-refractivity contribution in [1.82, 2.24) is 20.0 Å². The Kier molecular flexibility index (Phi) is 9.05. The number of nitrogens with zero attached hydrogens (tertiary/aromatic N) is 3. The Morgan fingerprint density at radius 1 is 1.13 bits per heavy atom. The van der Waals surface area contributed by atoms with Crippen LogP contribution in [-0.2, 0) is 20.9 Å². The topological polar surface area (TPSA) is 73.0 Å². The second-order valence-corrected chi connectivity index (χ2v) is 8.14. The Morgan fingerprint density at radius 2 is 1.77 bits per heavy atom. The van der Waals surface area contributed by atoms with Crippen LogP contribution in [0, 0.1) is 5.92 Å². The summed E-state index contributed by atoms with van der Waals surface area (Å²) in [6.07, 6.45) is 2.39. The summed E-state index contributed by atoms with van der Waals surface area (Å²) in [5.74, 6) is -0.0284. The highest BCUT2D eigenvalue weighted by Gasteiger charge is 2.25. The van der Waals surface area contributed by atoms with E-state index < -0.39 is 0 Å². The molecule has 0 saturated carbocycles. The van der Waals surface area contributed by atoms with Gasteiger partial charge in [0.05, 0.1) is 12.6 Å². The van der Waals surface area contributed by atoms with E-state index >= 15 is 0 Å². The largest absolute Gasteiger partial charge is 0.350 e. The monoisotopic (exact) mass is 414 g/mol. The molecule has 7 nitrogen and oxygen atoms in total. The predicted octanol–water partition coefficient (Wildman–Crippen LogP) is 1.51. The molecule has 1 fully saturated rings. The zero-order chi connectivity index (χ0) is 22.1. The van der Waals surface area contributed by atoms with Gasteiger partial charge in [-0.25, -0.2) is 0 Å². The Balaban J connectivity index is 1.95. The summed E-state index contributed by atoms with van der Waals surface area (Å²) in [4.78, 5) is 41.5. The number of hydrogen-bond donors (Lipinski definition) is 1. The van der Waals surface area contributed by atoms with Crippen molar-refractivity contribution >= 4 is 18.2 Å². The fourth-order valence-electron chi connectivity index (χ4n) is 3.70. The highest BCUT2D eigenvalue weighted by atomic mass is 16.2. The lowest BCUT2D eigenvalue weighted by Crippen LogP contribution is -2.49. The summed E-state index contributed by atoms with van der Waals surface area (Å²) in [5, 5.41) is 2.40. The molecule has 0 spiro atoms. The number of rotatable bonds is 9. The average molecular weight is 415 g/mol. The molecule has 1 aromatic rings. The summed E-state index contributed by atoms with van der Waals surface area (Å²) < 4.78 is 0. The van der Waals surface area contributed by atoms with Crippen LogP contribution in [0.3, 0.4) is 0 Å². The minimum absolute atomic E-state index is 0.0203. The summed E-state index contributed by atoms with van der Waals surface area (Å²) in [6, 6.07) is 10.1. The number of carbonyl (C=O) groups excluding carboxylic acids is 3. The maximum absolute atomic E-state index is 13.0. The zero-order valence-corrected chi connectivity index (χ0v) is 18.5. The molecule has 1 aliphatic rings. The number of carbonyl (C=O) groups is 3. The molecule has 7 heteroatoms. The molecule has 164 valence electrons. The molecule has 30 heavy (non-hydrogen) atoms. The lowest BCUT2D eigenvalue weighted by Gasteiger charge is -2.35. The fraction of sp³-hybridized carbons (Fsp3) is 0.522. The van der Waals surface area contributed by atoms with E-state index in [0.29, 0.717) is 25.1 Å². The average Bonchev–Trinajstić information content (AvgIpc) is 2.75. The molecule has 0 bridgehead atoms. The van der Waals surface area contributed by atoms with Gasteiger partial charge >= 0.3 is 0 Å². The van der Waals surface area contributed by atoms with Gasteiger partial charge in [0.15, 0.2) is 0 Å². The molecule has 3 amide bonds. The number of benzene rings is 1. The van der Waals surface area contributed by atoms with Crippen LogP contribution >= 0.6 is 0 Å². The van der Waals surface area contributed by atoms with Crippen LogP contribution in [-0.4, -0.2) is 78.7 Å². The van der Waals surface area contributed by atoms with Crippen LogP contribution in [0.1, 0.15) is 26.3 Å². The van der Waals surface area contributed by atoms with Crippen LogP contribution in [0.5, 0.6) is 0 Å². The molecular weight excluding hydrogens is 380 g/mol. The van der Waals surface area contributed by atoms with E-state index in [1.165, 1.54) is 5.56 Å². The smallest absolute Gasteiger partial charge is 0.249 e. The first-order chi connectivity index (χ1) is 14.3. The third-order valence-electron chi connectivity index (χ3n) is 5.53. The lowest BCUT2D eigenvalue weighted by molar-refractivity contribution is -0.132. The first-order valence-electron chi connectivity index (χ1n) is 10.5. The molecule has 1 aliphatic heterocycles. The van der Waals surface area contributed by atoms with Crippen LogP contribution < -0.4 is 5.32 Å². The van der Waals surface area contributed by atoms with Crippen molar-refractivity contribution in [3.63, 3.8) is 0 Å². The summed E-state index contributed by atoms with van der Waals surface area (Å²) >= 11 is 0. The molecule has 0 radical (unpaired) electrons. The van der Waals surface area contributed by atoms with Gasteiger partial charge in [-0.3, -0.25) is 19.3 Å². The predicted molar refractivity (Wildman–Crippen MR) is 118 cm³/mol. The van der Waals surface area contributed by atoms with Crippen LogP contribution in [0.2, 0.25) is 0 Å². The molecular formula is C23H34N4O3. The van der Waals surface area contributed by atoms with Crippen molar-refractivity contribution in [3.05, 3.63) is 47.5 Å². The first-order valence-corrected chi connectivity index (χ1v) is 10.5. The van der Waals surface area contributed by atoms with Gasteiger partial charge in [0.1, 0.15) is 0 Å². The zero-order valence-electron chi connectivity index (χ0n) is 18.5. The number of amides is 3. The summed E-state index contributed by atoms with van der Waals surface area (Å²) in [6.45, 7) is 9.77. The number of piperazine rings is 1. The lowest BCUT2D eigenvalue weighted by atomic mass is 9.99. The van der Waals surface area contributed by atoms with E-state index in [9.17, 15) is 14.4 Å².